The third-order valence-electron chi connectivity index (χ3n) is 4.92. The van der Waals surface area contributed by atoms with Crippen LogP contribution in [-0.4, -0.2) is 52.4 Å². The Morgan fingerprint density at radius 3 is 2.68 bits per heavy atom. The van der Waals surface area contributed by atoms with Crippen molar-refractivity contribution in [3.05, 3.63) is 54.1 Å². The molecule has 2 aromatic heterocycles. The van der Waals surface area contributed by atoms with Crippen molar-refractivity contribution < 1.29 is 4.39 Å². The van der Waals surface area contributed by atoms with Crippen LogP contribution in [0.3, 0.4) is 0 Å². The highest BCUT2D eigenvalue weighted by Gasteiger charge is 2.20. The van der Waals surface area contributed by atoms with Crippen molar-refractivity contribution in [3.8, 4) is 5.13 Å². The SMILES string of the molecule is CCCN1CCN(c2nnc(-n3cccc3CNc3cccc(F)c3)s2)CC1. The molecule has 0 saturated carbocycles. The molecule has 0 bridgehead atoms. The third-order valence-corrected chi connectivity index (χ3v) is 5.91. The first-order chi connectivity index (χ1) is 13.7. The fourth-order valence-corrected chi connectivity index (χ4v) is 4.36. The van der Waals surface area contributed by atoms with E-state index in [1.54, 1.807) is 17.4 Å². The van der Waals surface area contributed by atoms with Crippen LogP contribution in [-0.2, 0) is 6.54 Å². The molecule has 0 atom stereocenters. The molecular formula is C20H25FN6S. The minimum atomic E-state index is -0.242. The number of nitrogens with zero attached hydrogens (tertiary/aromatic N) is 5. The van der Waals surface area contributed by atoms with Crippen LogP contribution in [0.5, 0.6) is 0 Å². The number of hydrogen-bond acceptors (Lipinski definition) is 6. The molecule has 0 unspecified atom stereocenters. The predicted molar refractivity (Wildman–Crippen MR) is 112 cm³/mol. The van der Waals surface area contributed by atoms with E-state index in [4.69, 9.17) is 0 Å². The molecule has 4 rings (SSSR count). The molecule has 1 fully saturated rings. The summed E-state index contributed by atoms with van der Waals surface area (Å²) in [6.07, 6.45) is 3.19. The van der Waals surface area contributed by atoms with Gasteiger partial charge in [0.1, 0.15) is 5.82 Å². The average Bonchev–Trinajstić information content (AvgIpc) is 3.36. The Bertz CT molecular complexity index is 900. The highest BCUT2D eigenvalue weighted by Crippen LogP contribution is 2.25. The van der Waals surface area contributed by atoms with E-state index in [2.05, 4.69) is 32.2 Å². The number of anilines is 2. The van der Waals surface area contributed by atoms with Gasteiger partial charge in [0.05, 0.1) is 6.54 Å². The van der Waals surface area contributed by atoms with Crippen molar-refractivity contribution in [1.29, 1.82) is 0 Å². The summed E-state index contributed by atoms with van der Waals surface area (Å²) in [6, 6.07) is 10.5. The monoisotopic (exact) mass is 400 g/mol. The van der Waals surface area contributed by atoms with Gasteiger partial charge in [0, 0.05) is 43.8 Å². The van der Waals surface area contributed by atoms with Crippen LogP contribution >= 0.6 is 11.3 Å². The largest absolute Gasteiger partial charge is 0.379 e. The van der Waals surface area contributed by atoms with E-state index in [0.29, 0.717) is 6.54 Å². The van der Waals surface area contributed by atoms with Crippen LogP contribution in [0.4, 0.5) is 15.2 Å². The second kappa shape index (κ2) is 8.70. The smallest absolute Gasteiger partial charge is 0.218 e. The van der Waals surface area contributed by atoms with Gasteiger partial charge in [-0.1, -0.05) is 24.3 Å². The average molecular weight is 401 g/mol. The molecule has 3 heterocycles. The molecule has 1 aromatic carbocycles. The van der Waals surface area contributed by atoms with Crippen LogP contribution in [0.15, 0.2) is 42.6 Å². The number of benzene rings is 1. The molecular weight excluding hydrogens is 375 g/mol. The molecule has 148 valence electrons. The summed E-state index contributed by atoms with van der Waals surface area (Å²) >= 11 is 1.61. The summed E-state index contributed by atoms with van der Waals surface area (Å²) in [6.45, 7) is 8.12. The van der Waals surface area contributed by atoms with Crippen molar-refractivity contribution in [2.24, 2.45) is 0 Å². The zero-order chi connectivity index (χ0) is 19.3. The first-order valence-electron chi connectivity index (χ1n) is 9.70. The van der Waals surface area contributed by atoms with Crippen LogP contribution in [0.25, 0.3) is 5.13 Å². The molecule has 1 saturated heterocycles. The van der Waals surface area contributed by atoms with E-state index in [9.17, 15) is 4.39 Å². The normalized spacial score (nSPS) is 15.1. The van der Waals surface area contributed by atoms with Crippen LogP contribution in [0, 0.1) is 5.82 Å². The topological polar surface area (TPSA) is 49.2 Å². The summed E-state index contributed by atoms with van der Waals surface area (Å²) in [4.78, 5) is 4.82. The van der Waals surface area contributed by atoms with Crippen molar-refractivity contribution >= 4 is 22.2 Å². The maximum atomic E-state index is 13.4. The third kappa shape index (κ3) is 4.34. The fourth-order valence-electron chi connectivity index (χ4n) is 3.45. The lowest BCUT2D eigenvalue weighted by molar-refractivity contribution is 0.258. The summed E-state index contributed by atoms with van der Waals surface area (Å²) in [5, 5.41) is 13.9. The summed E-state index contributed by atoms with van der Waals surface area (Å²) in [7, 11) is 0. The highest BCUT2D eigenvalue weighted by atomic mass is 32.1. The quantitative estimate of drug-likeness (QED) is 0.657. The van der Waals surface area contributed by atoms with Crippen LogP contribution in [0.1, 0.15) is 19.0 Å². The standard InChI is InChI=1S/C20H25FN6S/c1-2-8-25-10-12-26(13-11-25)19-23-24-20(28-19)27-9-4-7-18(27)15-22-17-6-3-5-16(21)14-17/h3-7,9,14,22H,2,8,10-13,15H2,1H3. The Kier molecular flexibility index (Phi) is 5.87. The molecule has 3 aromatic rings. The van der Waals surface area contributed by atoms with Gasteiger partial charge in [-0.05, 0) is 43.3 Å². The van der Waals surface area contributed by atoms with Crippen molar-refractivity contribution in [1.82, 2.24) is 19.7 Å². The van der Waals surface area contributed by atoms with Gasteiger partial charge in [-0.15, -0.1) is 10.2 Å². The minimum absolute atomic E-state index is 0.242. The maximum Gasteiger partial charge on any atom is 0.218 e. The number of aromatic nitrogens is 3. The van der Waals surface area contributed by atoms with Crippen LogP contribution in [0.2, 0.25) is 0 Å². The zero-order valence-electron chi connectivity index (χ0n) is 16.0. The number of rotatable bonds is 7. The lowest BCUT2D eigenvalue weighted by Gasteiger charge is -2.33. The predicted octanol–water partition coefficient (Wildman–Crippen LogP) is 3.61. The molecule has 0 radical (unpaired) electrons. The molecule has 28 heavy (non-hydrogen) atoms. The Labute approximate surface area is 168 Å². The number of piperazine rings is 1. The van der Waals surface area contributed by atoms with Gasteiger partial charge < -0.3 is 10.2 Å². The molecule has 1 aliphatic rings. The number of halogens is 1. The van der Waals surface area contributed by atoms with Gasteiger partial charge in [0.2, 0.25) is 10.3 Å². The maximum absolute atomic E-state index is 13.4. The molecule has 0 aliphatic carbocycles. The first kappa shape index (κ1) is 18.9. The summed E-state index contributed by atoms with van der Waals surface area (Å²) < 4.78 is 15.4. The van der Waals surface area contributed by atoms with E-state index in [1.165, 1.54) is 25.1 Å². The van der Waals surface area contributed by atoms with E-state index in [0.717, 1.165) is 47.8 Å². The lowest BCUT2D eigenvalue weighted by Crippen LogP contribution is -2.46. The highest BCUT2D eigenvalue weighted by molar-refractivity contribution is 7.17. The fraction of sp³-hybridized carbons (Fsp3) is 0.400. The minimum Gasteiger partial charge on any atom is -0.379 e. The summed E-state index contributed by atoms with van der Waals surface area (Å²) in [5.41, 5.74) is 1.82. The molecule has 0 spiro atoms. The second-order valence-corrected chi connectivity index (χ2v) is 7.86. The molecule has 6 nitrogen and oxygen atoms in total. The van der Waals surface area contributed by atoms with Crippen molar-refractivity contribution in [2.45, 2.75) is 19.9 Å². The molecule has 8 heteroatoms. The lowest BCUT2D eigenvalue weighted by atomic mass is 10.3. The van der Waals surface area contributed by atoms with Gasteiger partial charge >= 0.3 is 0 Å². The number of hydrogen-bond donors (Lipinski definition) is 1. The number of nitrogens with one attached hydrogen (secondary N) is 1. The second-order valence-electron chi connectivity index (χ2n) is 6.93. The van der Waals surface area contributed by atoms with Gasteiger partial charge in [-0.25, -0.2) is 4.39 Å². The van der Waals surface area contributed by atoms with Gasteiger partial charge in [-0.2, -0.15) is 0 Å². The van der Waals surface area contributed by atoms with Gasteiger partial charge in [0.25, 0.3) is 0 Å². The Morgan fingerprint density at radius 2 is 1.89 bits per heavy atom. The van der Waals surface area contributed by atoms with Crippen LogP contribution < -0.4 is 10.2 Å². The van der Waals surface area contributed by atoms with E-state index in [1.807, 2.05) is 29.0 Å². The van der Waals surface area contributed by atoms with E-state index in [-0.39, 0.29) is 5.82 Å². The van der Waals surface area contributed by atoms with Gasteiger partial charge in [-0.3, -0.25) is 9.47 Å². The zero-order valence-corrected chi connectivity index (χ0v) is 16.8. The molecule has 1 N–H and O–H groups in total. The first-order valence-corrected chi connectivity index (χ1v) is 10.5. The van der Waals surface area contributed by atoms with Crippen molar-refractivity contribution in [2.75, 3.05) is 42.9 Å². The van der Waals surface area contributed by atoms with E-state index < -0.39 is 0 Å². The Balaban J connectivity index is 1.41. The van der Waals surface area contributed by atoms with Crippen molar-refractivity contribution in [3.63, 3.8) is 0 Å². The van der Waals surface area contributed by atoms with Gasteiger partial charge in [0.15, 0.2) is 0 Å². The Morgan fingerprint density at radius 1 is 1.07 bits per heavy atom. The van der Waals surface area contributed by atoms with E-state index >= 15 is 0 Å². The molecule has 1 aliphatic heterocycles. The Hall–Kier alpha value is -2.45. The molecule has 0 amide bonds. The summed E-state index contributed by atoms with van der Waals surface area (Å²) in [5.74, 6) is -0.242.